The van der Waals surface area contributed by atoms with Gasteiger partial charge in [-0.3, -0.25) is 4.79 Å². The molecule has 2 rings (SSSR count). The van der Waals surface area contributed by atoms with E-state index >= 15 is 0 Å². The van der Waals surface area contributed by atoms with Gasteiger partial charge in [-0.25, -0.2) is 8.78 Å². The molecular formula is C18H19F2NO3. The van der Waals surface area contributed by atoms with Crippen molar-refractivity contribution in [2.24, 2.45) is 0 Å². The van der Waals surface area contributed by atoms with Gasteiger partial charge in [-0.05, 0) is 30.7 Å². The average molecular weight is 335 g/mol. The second kappa shape index (κ2) is 7.88. The maximum absolute atomic E-state index is 13.7. The first-order chi connectivity index (χ1) is 11.4. The van der Waals surface area contributed by atoms with Crippen LogP contribution in [-0.4, -0.2) is 29.1 Å². The van der Waals surface area contributed by atoms with Gasteiger partial charge >= 0.3 is 0 Å². The maximum atomic E-state index is 13.7. The van der Waals surface area contributed by atoms with Crippen molar-refractivity contribution in [3.05, 3.63) is 65.2 Å². The molecule has 1 amide bonds. The van der Waals surface area contributed by atoms with Crippen LogP contribution in [0.3, 0.4) is 0 Å². The molecule has 0 fully saturated rings. The summed E-state index contributed by atoms with van der Waals surface area (Å²) in [7, 11) is 1.52. The Morgan fingerprint density at radius 1 is 1.25 bits per heavy atom. The fraction of sp³-hybridized carbons (Fsp3) is 0.278. The first kappa shape index (κ1) is 17.9. The van der Waals surface area contributed by atoms with Gasteiger partial charge in [-0.1, -0.05) is 18.2 Å². The Balaban J connectivity index is 2.01. The van der Waals surface area contributed by atoms with Crippen LogP contribution in [0.15, 0.2) is 42.5 Å². The Labute approximate surface area is 139 Å². The van der Waals surface area contributed by atoms with Crippen LogP contribution >= 0.6 is 0 Å². The Morgan fingerprint density at radius 2 is 2.00 bits per heavy atom. The number of ether oxygens (including phenoxy) is 1. The minimum atomic E-state index is -0.785. The second-order valence-electron chi connectivity index (χ2n) is 5.50. The Bertz CT molecular complexity index is 721. The minimum Gasteiger partial charge on any atom is -0.481 e. The number of amides is 1. The lowest BCUT2D eigenvalue weighted by atomic mass is 10.2. The summed E-state index contributed by atoms with van der Waals surface area (Å²) in [5, 5.41) is 9.11. The summed E-state index contributed by atoms with van der Waals surface area (Å²) in [5.74, 6) is -1.23. The van der Waals surface area contributed by atoms with Gasteiger partial charge in [0.05, 0.1) is 6.61 Å². The van der Waals surface area contributed by atoms with Gasteiger partial charge in [0.25, 0.3) is 5.91 Å². The van der Waals surface area contributed by atoms with Gasteiger partial charge in [-0.15, -0.1) is 0 Å². The monoisotopic (exact) mass is 335 g/mol. The van der Waals surface area contributed by atoms with Crippen LogP contribution in [0.4, 0.5) is 8.78 Å². The minimum absolute atomic E-state index is 0.00925. The Kier molecular flexibility index (Phi) is 5.87. The van der Waals surface area contributed by atoms with Gasteiger partial charge in [0.1, 0.15) is 17.4 Å². The van der Waals surface area contributed by atoms with Crippen LogP contribution in [-0.2, 0) is 17.9 Å². The Morgan fingerprint density at radius 3 is 2.67 bits per heavy atom. The van der Waals surface area contributed by atoms with E-state index in [1.807, 2.05) is 0 Å². The number of aliphatic hydroxyl groups excluding tert-OH is 1. The molecule has 0 heterocycles. The molecule has 0 aliphatic carbocycles. The number of likely N-dealkylation sites (N-methyl/N-ethyl adjacent to an activating group) is 1. The zero-order valence-corrected chi connectivity index (χ0v) is 13.5. The van der Waals surface area contributed by atoms with Crippen molar-refractivity contribution in [3.63, 3.8) is 0 Å². The topological polar surface area (TPSA) is 49.8 Å². The molecule has 128 valence electrons. The standard InChI is InChI=1S/C18H19F2NO3/c1-12(24-16-5-3-4-13(8-16)11-22)18(23)21(2)10-14-6-7-15(19)9-17(14)20/h3-9,12,22H,10-11H2,1-2H3. The highest BCUT2D eigenvalue weighted by Gasteiger charge is 2.20. The highest BCUT2D eigenvalue weighted by molar-refractivity contribution is 5.80. The normalized spacial score (nSPS) is 11.9. The number of hydrogen-bond acceptors (Lipinski definition) is 3. The molecule has 4 nitrogen and oxygen atoms in total. The first-order valence-corrected chi connectivity index (χ1v) is 7.46. The van der Waals surface area contributed by atoms with Crippen molar-refractivity contribution in [1.29, 1.82) is 0 Å². The molecule has 1 unspecified atom stereocenters. The van der Waals surface area contributed by atoms with Gasteiger partial charge < -0.3 is 14.7 Å². The van der Waals surface area contributed by atoms with Crippen LogP contribution in [0.2, 0.25) is 0 Å². The third-order valence-electron chi connectivity index (χ3n) is 3.54. The highest BCUT2D eigenvalue weighted by atomic mass is 19.1. The average Bonchev–Trinajstić information content (AvgIpc) is 2.56. The number of nitrogens with zero attached hydrogens (tertiary/aromatic N) is 1. The summed E-state index contributed by atoms with van der Waals surface area (Å²) in [4.78, 5) is 13.7. The van der Waals surface area contributed by atoms with Crippen LogP contribution in [0.25, 0.3) is 0 Å². The number of carbonyl (C=O) groups is 1. The molecule has 1 atom stereocenters. The molecule has 2 aromatic rings. The fourth-order valence-electron chi connectivity index (χ4n) is 2.27. The molecule has 0 saturated carbocycles. The van der Waals surface area contributed by atoms with E-state index in [-0.39, 0.29) is 24.6 Å². The van der Waals surface area contributed by atoms with E-state index in [0.29, 0.717) is 11.3 Å². The largest absolute Gasteiger partial charge is 0.481 e. The molecule has 0 aliphatic rings. The van der Waals surface area contributed by atoms with Crippen LogP contribution in [0.1, 0.15) is 18.1 Å². The Hall–Kier alpha value is -2.47. The number of hydrogen-bond donors (Lipinski definition) is 1. The van der Waals surface area contributed by atoms with Crippen molar-refractivity contribution in [2.45, 2.75) is 26.2 Å². The summed E-state index contributed by atoms with van der Waals surface area (Å²) in [6.45, 7) is 1.48. The maximum Gasteiger partial charge on any atom is 0.263 e. The number of aliphatic hydroxyl groups is 1. The zero-order chi connectivity index (χ0) is 17.7. The van der Waals surface area contributed by atoms with Crippen molar-refractivity contribution >= 4 is 5.91 Å². The lowest BCUT2D eigenvalue weighted by Gasteiger charge is -2.22. The predicted octanol–water partition coefficient (Wildman–Crippen LogP) is 2.88. The van der Waals surface area contributed by atoms with Crippen LogP contribution in [0, 0.1) is 11.6 Å². The summed E-state index contributed by atoms with van der Waals surface area (Å²) >= 11 is 0. The van der Waals surface area contributed by atoms with E-state index in [9.17, 15) is 13.6 Å². The quantitative estimate of drug-likeness (QED) is 0.883. The molecule has 2 aromatic carbocycles. The molecule has 0 aromatic heterocycles. The third-order valence-corrected chi connectivity index (χ3v) is 3.54. The van der Waals surface area contributed by atoms with Gasteiger partial charge in [0.2, 0.25) is 0 Å². The van der Waals surface area contributed by atoms with E-state index in [0.717, 1.165) is 12.1 Å². The van der Waals surface area contributed by atoms with Crippen molar-refractivity contribution in [2.75, 3.05) is 7.05 Å². The second-order valence-corrected chi connectivity index (χ2v) is 5.50. The van der Waals surface area contributed by atoms with Crippen LogP contribution in [0.5, 0.6) is 5.75 Å². The summed E-state index contributed by atoms with van der Waals surface area (Å²) in [5.41, 5.74) is 0.899. The van der Waals surface area contributed by atoms with Crippen LogP contribution < -0.4 is 4.74 Å². The molecule has 24 heavy (non-hydrogen) atoms. The zero-order valence-electron chi connectivity index (χ0n) is 13.5. The van der Waals surface area contributed by atoms with E-state index < -0.39 is 17.7 Å². The lowest BCUT2D eigenvalue weighted by molar-refractivity contribution is -0.137. The molecule has 6 heteroatoms. The SMILES string of the molecule is CC(Oc1cccc(CO)c1)C(=O)N(C)Cc1ccc(F)cc1F. The van der Waals surface area contributed by atoms with E-state index in [1.165, 1.54) is 18.0 Å². The predicted molar refractivity (Wildman–Crippen MR) is 85.3 cm³/mol. The summed E-state index contributed by atoms with van der Waals surface area (Å²) in [6.07, 6.45) is -0.785. The van der Waals surface area contributed by atoms with E-state index in [4.69, 9.17) is 9.84 Å². The molecule has 1 N–H and O–H groups in total. The highest BCUT2D eigenvalue weighted by Crippen LogP contribution is 2.17. The lowest BCUT2D eigenvalue weighted by Crippen LogP contribution is -2.37. The summed E-state index contributed by atoms with van der Waals surface area (Å²) in [6, 6.07) is 10.0. The third kappa shape index (κ3) is 4.52. The van der Waals surface area contributed by atoms with Gasteiger partial charge in [-0.2, -0.15) is 0 Å². The molecule has 0 radical (unpaired) electrons. The molecular weight excluding hydrogens is 316 g/mol. The van der Waals surface area contributed by atoms with Crippen molar-refractivity contribution in [1.82, 2.24) is 4.90 Å². The molecule has 0 aliphatic heterocycles. The number of carbonyl (C=O) groups excluding carboxylic acids is 1. The van der Waals surface area contributed by atoms with Gasteiger partial charge in [0, 0.05) is 25.2 Å². The van der Waals surface area contributed by atoms with Crippen molar-refractivity contribution < 1.29 is 23.4 Å². The van der Waals surface area contributed by atoms with E-state index in [1.54, 1.807) is 31.2 Å². The van der Waals surface area contributed by atoms with Gasteiger partial charge in [0.15, 0.2) is 6.10 Å². The summed E-state index contributed by atoms with van der Waals surface area (Å²) < 4.78 is 32.2. The van der Waals surface area contributed by atoms with E-state index in [2.05, 4.69) is 0 Å². The number of rotatable bonds is 6. The number of benzene rings is 2. The first-order valence-electron chi connectivity index (χ1n) is 7.46. The molecule has 0 bridgehead atoms. The molecule has 0 spiro atoms. The number of halogens is 2. The molecule has 0 saturated heterocycles. The van der Waals surface area contributed by atoms with Crippen molar-refractivity contribution in [3.8, 4) is 5.75 Å². The smallest absolute Gasteiger partial charge is 0.263 e. The fourth-order valence-corrected chi connectivity index (χ4v) is 2.27.